The summed E-state index contributed by atoms with van der Waals surface area (Å²) in [5, 5.41) is 11.7. The first kappa shape index (κ1) is 10.7. The Labute approximate surface area is 83.2 Å². The van der Waals surface area contributed by atoms with Crippen molar-refractivity contribution in [3.05, 3.63) is 21.9 Å². The van der Waals surface area contributed by atoms with E-state index in [2.05, 4.69) is 0 Å². The number of hydrogen-bond donors (Lipinski definition) is 1. The fourth-order valence-corrected chi connectivity index (χ4v) is 1.90. The van der Waals surface area contributed by atoms with E-state index in [-0.39, 0.29) is 6.10 Å². The minimum Gasteiger partial charge on any atom is -0.388 e. The lowest BCUT2D eigenvalue weighted by atomic mass is 10.1. The van der Waals surface area contributed by atoms with Gasteiger partial charge < -0.3 is 9.84 Å². The Morgan fingerprint density at radius 2 is 2.38 bits per heavy atom. The molecule has 13 heavy (non-hydrogen) atoms. The van der Waals surface area contributed by atoms with Crippen LogP contribution in [0.25, 0.3) is 0 Å². The van der Waals surface area contributed by atoms with E-state index >= 15 is 0 Å². The Kier molecular flexibility index (Phi) is 4.42. The lowest BCUT2D eigenvalue weighted by molar-refractivity contribution is 0.0888. The Hall–Kier alpha value is -0.380. The van der Waals surface area contributed by atoms with E-state index < -0.39 is 0 Å². The van der Waals surface area contributed by atoms with Gasteiger partial charge in [0.1, 0.15) is 0 Å². The van der Waals surface area contributed by atoms with Gasteiger partial charge in [-0.25, -0.2) is 0 Å². The van der Waals surface area contributed by atoms with Crippen LogP contribution in [0.4, 0.5) is 0 Å². The molecular formula is C10H16O2S. The van der Waals surface area contributed by atoms with Crippen molar-refractivity contribution in [2.45, 2.75) is 26.4 Å². The highest BCUT2D eigenvalue weighted by Gasteiger charge is 2.08. The molecule has 1 unspecified atom stereocenters. The third-order valence-electron chi connectivity index (χ3n) is 1.88. The van der Waals surface area contributed by atoms with Crippen LogP contribution >= 0.6 is 11.3 Å². The number of ether oxygens (including phenoxy) is 1. The van der Waals surface area contributed by atoms with Crippen molar-refractivity contribution in [2.75, 3.05) is 13.2 Å². The first-order valence-electron chi connectivity index (χ1n) is 4.55. The van der Waals surface area contributed by atoms with Crippen LogP contribution in [0.15, 0.2) is 11.4 Å². The van der Waals surface area contributed by atoms with Crippen LogP contribution in [-0.2, 0) is 4.74 Å². The molecule has 0 spiro atoms. The summed E-state index contributed by atoms with van der Waals surface area (Å²) in [5.41, 5.74) is 1.02. The minimum atomic E-state index is -0.364. The predicted octanol–water partition coefficient (Wildman–Crippen LogP) is 2.52. The Morgan fingerprint density at radius 1 is 1.62 bits per heavy atom. The lowest BCUT2D eigenvalue weighted by Crippen LogP contribution is -2.02. The molecule has 0 saturated heterocycles. The van der Waals surface area contributed by atoms with Crippen LogP contribution in [-0.4, -0.2) is 18.3 Å². The highest BCUT2D eigenvalue weighted by atomic mass is 32.1. The largest absolute Gasteiger partial charge is 0.388 e. The third-order valence-corrected chi connectivity index (χ3v) is 2.76. The first-order valence-corrected chi connectivity index (χ1v) is 5.43. The van der Waals surface area contributed by atoms with Gasteiger partial charge in [0.25, 0.3) is 0 Å². The second-order valence-corrected chi connectivity index (χ2v) is 4.11. The van der Waals surface area contributed by atoms with E-state index in [0.29, 0.717) is 13.0 Å². The average Bonchev–Trinajstić information content (AvgIpc) is 2.52. The maximum atomic E-state index is 9.69. The summed E-state index contributed by atoms with van der Waals surface area (Å²) in [6.07, 6.45) is 0.320. The molecule has 0 aromatic carbocycles. The molecule has 3 heteroatoms. The van der Waals surface area contributed by atoms with Crippen LogP contribution in [0, 0.1) is 6.92 Å². The fourth-order valence-electron chi connectivity index (χ4n) is 1.14. The highest BCUT2D eigenvalue weighted by molar-refractivity contribution is 7.10. The number of hydrogen-bond acceptors (Lipinski definition) is 3. The monoisotopic (exact) mass is 200 g/mol. The van der Waals surface area contributed by atoms with E-state index in [1.165, 1.54) is 4.88 Å². The van der Waals surface area contributed by atoms with Gasteiger partial charge in [-0.05, 0) is 30.9 Å². The van der Waals surface area contributed by atoms with Gasteiger partial charge in [0.05, 0.1) is 6.10 Å². The number of aliphatic hydroxyl groups is 1. The standard InChI is InChI=1S/C10H16O2S/c1-3-12-5-4-10(11)9-6-8(2)13-7-9/h6-7,10-11H,3-5H2,1-2H3. The van der Waals surface area contributed by atoms with Crippen molar-refractivity contribution in [3.8, 4) is 0 Å². The second-order valence-electron chi connectivity index (χ2n) is 2.99. The fraction of sp³-hybridized carbons (Fsp3) is 0.600. The van der Waals surface area contributed by atoms with Crippen LogP contribution in [0.3, 0.4) is 0 Å². The molecule has 0 radical (unpaired) electrons. The van der Waals surface area contributed by atoms with Gasteiger partial charge in [-0.1, -0.05) is 0 Å². The zero-order valence-corrected chi connectivity index (χ0v) is 8.93. The SMILES string of the molecule is CCOCCC(O)c1csc(C)c1. The Morgan fingerprint density at radius 3 is 2.92 bits per heavy atom. The first-order chi connectivity index (χ1) is 6.24. The van der Waals surface area contributed by atoms with Crippen LogP contribution in [0.1, 0.15) is 29.9 Å². The van der Waals surface area contributed by atoms with Gasteiger partial charge in [-0.2, -0.15) is 0 Å². The topological polar surface area (TPSA) is 29.5 Å². The zero-order chi connectivity index (χ0) is 9.68. The number of thiophene rings is 1. The molecule has 1 heterocycles. The zero-order valence-electron chi connectivity index (χ0n) is 8.12. The summed E-state index contributed by atoms with van der Waals surface area (Å²) in [6, 6.07) is 2.03. The molecule has 0 saturated carbocycles. The molecule has 1 rings (SSSR count). The van der Waals surface area contributed by atoms with Crippen molar-refractivity contribution in [1.29, 1.82) is 0 Å². The van der Waals surface area contributed by atoms with E-state index in [9.17, 15) is 5.11 Å². The summed E-state index contributed by atoms with van der Waals surface area (Å²) in [5.74, 6) is 0. The number of aliphatic hydroxyl groups excluding tert-OH is 1. The van der Waals surface area contributed by atoms with Crippen molar-refractivity contribution in [3.63, 3.8) is 0 Å². The van der Waals surface area contributed by atoms with E-state index in [1.807, 2.05) is 25.3 Å². The van der Waals surface area contributed by atoms with Crippen molar-refractivity contribution < 1.29 is 9.84 Å². The van der Waals surface area contributed by atoms with Gasteiger partial charge in [0.15, 0.2) is 0 Å². The Balaban J connectivity index is 2.35. The van der Waals surface area contributed by atoms with E-state index in [0.717, 1.165) is 12.2 Å². The molecule has 0 aliphatic carbocycles. The highest BCUT2D eigenvalue weighted by Crippen LogP contribution is 2.22. The molecular weight excluding hydrogens is 184 g/mol. The summed E-state index contributed by atoms with van der Waals surface area (Å²) in [4.78, 5) is 1.24. The second kappa shape index (κ2) is 5.37. The van der Waals surface area contributed by atoms with Crippen molar-refractivity contribution in [1.82, 2.24) is 0 Å². The van der Waals surface area contributed by atoms with Gasteiger partial charge >= 0.3 is 0 Å². The normalized spacial score (nSPS) is 13.2. The summed E-state index contributed by atoms with van der Waals surface area (Å²) in [7, 11) is 0. The molecule has 0 aliphatic rings. The molecule has 1 aromatic heterocycles. The number of rotatable bonds is 5. The van der Waals surface area contributed by atoms with Gasteiger partial charge in [-0.3, -0.25) is 0 Å². The van der Waals surface area contributed by atoms with E-state index in [1.54, 1.807) is 11.3 Å². The van der Waals surface area contributed by atoms with E-state index in [4.69, 9.17) is 4.74 Å². The molecule has 2 nitrogen and oxygen atoms in total. The molecule has 74 valence electrons. The third kappa shape index (κ3) is 3.46. The smallest absolute Gasteiger partial charge is 0.0820 e. The van der Waals surface area contributed by atoms with Crippen LogP contribution < -0.4 is 0 Å². The van der Waals surface area contributed by atoms with Gasteiger partial charge in [0.2, 0.25) is 0 Å². The molecule has 0 aliphatic heterocycles. The summed E-state index contributed by atoms with van der Waals surface area (Å²) in [6.45, 7) is 5.35. The lowest BCUT2D eigenvalue weighted by Gasteiger charge is -2.07. The molecule has 1 N–H and O–H groups in total. The summed E-state index contributed by atoms with van der Waals surface area (Å²) >= 11 is 1.67. The Bertz CT molecular complexity index is 245. The molecule has 0 fully saturated rings. The predicted molar refractivity (Wildman–Crippen MR) is 55.1 cm³/mol. The molecule has 0 amide bonds. The number of aryl methyl sites for hydroxylation is 1. The molecule has 0 bridgehead atoms. The van der Waals surface area contributed by atoms with Gasteiger partial charge in [0, 0.05) is 24.5 Å². The van der Waals surface area contributed by atoms with Gasteiger partial charge in [-0.15, -0.1) is 11.3 Å². The minimum absolute atomic E-state index is 0.364. The van der Waals surface area contributed by atoms with Crippen LogP contribution in [0.2, 0.25) is 0 Å². The van der Waals surface area contributed by atoms with Crippen molar-refractivity contribution in [2.24, 2.45) is 0 Å². The molecule has 1 atom stereocenters. The van der Waals surface area contributed by atoms with Crippen molar-refractivity contribution >= 4 is 11.3 Å². The average molecular weight is 200 g/mol. The summed E-state index contributed by atoms with van der Waals surface area (Å²) < 4.78 is 5.18. The quantitative estimate of drug-likeness (QED) is 0.740. The maximum Gasteiger partial charge on any atom is 0.0820 e. The maximum absolute atomic E-state index is 9.69. The van der Waals surface area contributed by atoms with Crippen LogP contribution in [0.5, 0.6) is 0 Å². The molecule has 1 aromatic rings.